The van der Waals surface area contributed by atoms with Crippen LogP contribution in [0, 0.1) is 5.82 Å². The first kappa shape index (κ1) is 21.1. The number of fused-ring (bicyclic) bond motifs is 1. The molecule has 2 N–H and O–H groups in total. The van der Waals surface area contributed by atoms with Crippen LogP contribution in [0.5, 0.6) is 11.5 Å². The summed E-state index contributed by atoms with van der Waals surface area (Å²) in [6.45, 7) is 2.20. The van der Waals surface area contributed by atoms with E-state index in [-0.39, 0.29) is 28.7 Å². The van der Waals surface area contributed by atoms with Gasteiger partial charge in [-0.2, -0.15) is 4.98 Å². The van der Waals surface area contributed by atoms with E-state index in [0.717, 1.165) is 6.42 Å². The van der Waals surface area contributed by atoms with Crippen molar-refractivity contribution in [3.05, 3.63) is 34.3 Å². The first-order valence-corrected chi connectivity index (χ1v) is 10.8. The van der Waals surface area contributed by atoms with Crippen molar-refractivity contribution in [3.63, 3.8) is 0 Å². The number of ether oxygens (including phenoxy) is 2. The number of thiophene rings is 1. The van der Waals surface area contributed by atoms with E-state index in [1.54, 1.807) is 17.4 Å². The van der Waals surface area contributed by atoms with E-state index >= 15 is 0 Å². The van der Waals surface area contributed by atoms with Gasteiger partial charge in [0.15, 0.2) is 17.3 Å². The molecule has 2 aromatic heterocycles. The minimum Gasteiger partial charge on any atom is -0.493 e. The van der Waals surface area contributed by atoms with Crippen molar-refractivity contribution >= 4 is 39.9 Å². The lowest BCUT2D eigenvalue weighted by Gasteiger charge is -2.35. The number of aryl methyl sites for hydroxylation is 1. The summed E-state index contributed by atoms with van der Waals surface area (Å²) in [4.78, 5) is 26.3. The van der Waals surface area contributed by atoms with Gasteiger partial charge in [0.25, 0.3) is 0 Å². The Bertz CT molecular complexity index is 1080. The lowest BCUT2D eigenvalue weighted by Crippen LogP contribution is -2.49. The molecule has 1 aromatic carbocycles. The molecule has 1 aliphatic rings. The van der Waals surface area contributed by atoms with E-state index in [2.05, 4.69) is 9.97 Å². The Morgan fingerprint density at radius 1 is 1.23 bits per heavy atom. The maximum Gasteiger partial charge on any atom is 0.228 e. The molecular weight excluding hydrogens is 421 g/mol. The summed E-state index contributed by atoms with van der Waals surface area (Å²) >= 11 is 1.66. The van der Waals surface area contributed by atoms with Crippen LogP contribution >= 0.6 is 11.3 Å². The van der Waals surface area contributed by atoms with Crippen molar-refractivity contribution in [2.24, 2.45) is 0 Å². The predicted octanol–water partition coefficient (Wildman–Crippen LogP) is 2.71. The zero-order valence-electron chi connectivity index (χ0n) is 17.4. The van der Waals surface area contributed by atoms with Crippen LogP contribution in [0.15, 0.2) is 23.6 Å². The molecular formula is C21H24FN5O3S. The smallest absolute Gasteiger partial charge is 0.228 e. The number of hydrogen-bond donors (Lipinski definition) is 1. The lowest BCUT2D eigenvalue weighted by molar-refractivity contribution is -0.131. The Kier molecular flexibility index (Phi) is 6.08. The van der Waals surface area contributed by atoms with E-state index in [4.69, 9.17) is 15.2 Å². The highest BCUT2D eigenvalue weighted by molar-refractivity contribution is 7.09. The molecule has 31 heavy (non-hydrogen) atoms. The second kappa shape index (κ2) is 8.93. The molecule has 3 heterocycles. The SMILES string of the molecule is COc1cc2c(N)nc(N3CCN(C(=O)CCc4cccs4)CC3)nc2c(F)c1OC. The standard InChI is InChI=1S/C21H24FN5O3S/c1-29-15-12-14-18(17(22)19(15)30-2)24-21(25-20(14)23)27-9-7-26(8-10-27)16(28)6-5-13-4-3-11-31-13/h3-4,11-12H,5-10H2,1-2H3,(H2,23,24,25). The van der Waals surface area contributed by atoms with Crippen LogP contribution in [-0.2, 0) is 11.2 Å². The monoisotopic (exact) mass is 445 g/mol. The van der Waals surface area contributed by atoms with Gasteiger partial charge in [-0.3, -0.25) is 4.79 Å². The number of methoxy groups -OCH3 is 2. The van der Waals surface area contributed by atoms with E-state index in [1.807, 2.05) is 27.3 Å². The van der Waals surface area contributed by atoms with Gasteiger partial charge in [0, 0.05) is 42.9 Å². The fourth-order valence-corrected chi connectivity index (χ4v) is 4.39. The molecule has 8 nitrogen and oxygen atoms in total. The Morgan fingerprint density at radius 3 is 2.65 bits per heavy atom. The number of nitrogens with zero attached hydrogens (tertiary/aromatic N) is 4. The second-order valence-corrected chi connectivity index (χ2v) is 8.21. The number of carbonyl (C=O) groups is 1. The number of anilines is 2. The molecule has 1 amide bonds. The third-order valence-corrected chi connectivity index (χ3v) is 6.31. The first-order valence-electron chi connectivity index (χ1n) is 9.94. The summed E-state index contributed by atoms with van der Waals surface area (Å²) in [6.07, 6.45) is 1.25. The molecule has 3 aromatic rings. The largest absolute Gasteiger partial charge is 0.493 e. The molecule has 0 bridgehead atoms. The van der Waals surface area contributed by atoms with Gasteiger partial charge >= 0.3 is 0 Å². The van der Waals surface area contributed by atoms with Crippen molar-refractivity contribution in [1.82, 2.24) is 14.9 Å². The number of carbonyl (C=O) groups excluding carboxylic acids is 1. The van der Waals surface area contributed by atoms with Gasteiger partial charge in [0.05, 0.1) is 14.2 Å². The van der Waals surface area contributed by atoms with Gasteiger partial charge in [-0.25, -0.2) is 9.37 Å². The summed E-state index contributed by atoms with van der Waals surface area (Å²) in [6, 6.07) is 5.61. The molecule has 0 unspecified atom stereocenters. The van der Waals surface area contributed by atoms with Crippen LogP contribution in [-0.4, -0.2) is 61.2 Å². The zero-order chi connectivity index (χ0) is 22.0. The van der Waals surface area contributed by atoms with Crippen LogP contribution in [0.2, 0.25) is 0 Å². The quantitative estimate of drug-likeness (QED) is 0.623. The molecule has 164 valence electrons. The third kappa shape index (κ3) is 4.20. The molecule has 0 radical (unpaired) electrons. The first-order chi connectivity index (χ1) is 15.0. The van der Waals surface area contributed by atoms with Gasteiger partial charge in [0.1, 0.15) is 11.3 Å². The minimum atomic E-state index is -0.644. The van der Waals surface area contributed by atoms with E-state index < -0.39 is 5.82 Å². The summed E-state index contributed by atoms with van der Waals surface area (Å²) in [5.41, 5.74) is 6.18. The highest BCUT2D eigenvalue weighted by Gasteiger charge is 2.25. The molecule has 0 saturated carbocycles. The normalized spacial score (nSPS) is 14.2. The molecule has 1 fully saturated rings. The molecule has 0 atom stereocenters. The second-order valence-electron chi connectivity index (χ2n) is 7.18. The average Bonchev–Trinajstić information content (AvgIpc) is 3.31. The van der Waals surface area contributed by atoms with Crippen molar-refractivity contribution in [1.29, 1.82) is 0 Å². The van der Waals surface area contributed by atoms with Crippen LogP contribution in [0.3, 0.4) is 0 Å². The number of amides is 1. The minimum absolute atomic E-state index is 0.0276. The molecule has 4 rings (SSSR count). The fourth-order valence-electron chi connectivity index (χ4n) is 3.68. The lowest BCUT2D eigenvalue weighted by atomic mass is 10.2. The number of nitrogen functional groups attached to an aromatic ring is 1. The van der Waals surface area contributed by atoms with E-state index in [0.29, 0.717) is 43.9 Å². The van der Waals surface area contributed by atoms with Crippen LogP contribution in [0.1, 0.15) is 11.3 Å². The third-order valence-electron chi connectivity index (χ3n) is 5.37. The Hall–Kier alpha value is -3.14. The predicted molar refractivity (Wildman–Crippen MR) is 118 cm³/mol. The Labute approximate surface area is 183 Å². The Balaban J connectivity index is 1.48. The maximum atomic E-state index is 15.0. The van der Waals surface area contributed by atoms with Crippen molar-refractivity contribution < 1.29 is 18.7 Å². The summed E-state index contributed by atoms with van der Waals surface area (Å²) in [7, 11) is 2.79. The maximum absolute atomic E-state index is 15.0. The number of hydrogen-bond acceptors (Lipinski definition) is 8. The molecule has 1 saturated heterocycles. The van der Waals surface area contributed by atoms with Crippen LogP contribution in [0.25, 0.3) is 10.9 Å². The number of benzene rings is 1. The summed E-state index contributed by atoms with van der Waals surface area (Å²) in [5, 5.41) is 2.38. The van der Waals surface area contributed by atoms with Crippen molar-refractivity contribution in [2.45, 2.75) is 12.8 Å². The number of aromatic nitrogens is 2. The molecule has 1 aliphatic heterocycles. The van der Waals surface area contributed by atoms with Crippen LogP contribution < -0.4 is 20.1 Å². The molecule has 0 spiro atoms. The van der Waals surface area contributed by atoms with Crippen molar-refractivity contribution in [2.75, 3.05) is 51.0 Å². The number of rotatable bonds is 6. The summed E-state index contributed by atoms with van der Waals surface area (Å²) in [5.74, 6) is 0.186. The van der Waals surface area contributed by atoms with Gasteiger partial charge in [-0.1, -0.05) is 6.07 Å². The fraction of sp³-hybridized carbons (Fsp3) is 0.381. The summed E-state index contributed by atoms with van der Waals surface area (Å²) < 4.78 is 25.3. The highest BCUT2D eigenvalue weighted by atomic mass is 32.1. The topological polar surface area (TPSA) is 93.8 Å². The number of nitrogens with two attached hydrogens (primary N) is 1. The van der Waals surface area contributed by atoms with Crippen LogP contribution in [0.4, 0.5) is 16.2 Å². The zero-order valence-corrected chi connectivity index (χ0v) is 18.2. The molecule has 10 heteroatoms. The Morgan fingerprint density at radius 2 is 2.00 bits per heavy atom. The van der Waals surface area contributed by atoms with Gasteiger partial charge < -0.3 is 25.0 Å². The van der Waals surface area contributed by atoms with Crippen molar-refractivity contribution in [3.8, 4) is 11.5 Å². The number of halogens is 1. The van der Waals surface area contributed by atoms with Gasteiger partial charge in [-0.15, -0.1) is 11.3 Å². The van der Waals surface area contributed by atoms with Gasteiger partial charge in [-0.05, 0) is 23.9 Å². The number of piperazine rings is 1. The van der Waals surface area contributed by atoms with E-state index in [9.17, 15) is 9.18 Å². The van der Waals surface area contributed by atoms with Gasteiger partial charge in [0.2, 0.25) is 11.9 Å². The average molecular weight is 446 g/mol. The van der Waals surface area contributed by atoms with E-state index in [1.165, 1.54) is 19.1 Å². The highest BCUT2D eigenvalue weighted by Crippen LogP contribution is 2.37. The molecule has 0 aliphatic carbocycles.